The maximum absolute atomic E-state index is 10.2. The fraction of sp³-hybridized carbons (Fsp3) is 0. The average molecular weight is 256 g/mol. The van der Waals surface area contributed by atoms with E-state index in [0.717, 1.165) is 0 Å². The molecule has 15 heavy (non-hydrogen) atoms. The van der Waals surface area contributed by atoms with Gasteiger partial charge in [0.1, 0.15) is 0 Å². The first-order valence-electron chi connectivity index (χ1n) is 3.20. The van der Waals surface area contributed by atoms with Gasteiger partial charge in [-0.2, -0.15) is 0 Å². The lowest BCUT2D eigenvalue weighted by molar-refractivity contribution is 0.371. The molecule has 1 aromatic heterocycles. The minimum Gasteiger partial charge on any atom is -0.314 e. The lowest BCUT2D eigenvalue weighted by Crippen LogP contribution is -2.19. The maximum Gasteiger partial charge on any atom is 0.745 e. The molecule has 11 heteroatoms. The minimum absolute atomic E-state index is 0.381. The first kappa shape index (κ1) is 13.8. The monoisotopic (exact) mass is 256 g/mol. The number of H-pyrrole nitrogens is 2. The highest BCUT2D eigenvalue weighted by atomic mass is 31.2. The predicted octanol–water partition coefficient (Wildman–Crippen LogP) is -0.634. The van der Waals surface area contributed by atoms with Gasteiger partial charge in [0.2, 0.25) is 0 Å². The molecule has 0 aliphatic carbocycles. The Morgan fingerprint density at radius 3 is 1.93 bits per heavy atom. The van der Waals surface area contributed by atoms with Crippen LogP contribution < -0.4 is 11.2 Å². The second-order valence-electron chi connectivity index (χ2n) is 1.85. The Morgan fingerprint density at radius 1 is 1.20 bits per heavy atom. The molecule has 4 N–H and O–H groups in total. The third-order valence-electron chi connectivity index (χ3n) is 0.826. The second kappa shape index (κ2) is 7.10. The molecule has 82 valence electrons. The van der Waals surface area contributed by atoms with Crippen LogP contribution >= 0.6 is 16.5 Å². The van der Waals surface area contributed by atoms with Gasteiger partial charge in [-0.3, -0.25) is 9.78 Å². The van der Waals surface area contributed by atoms with Gasteiger partial charge >= 0.3 is 22.2 Å². The zero-order valence-corrected chi connectivity index (χ0v) is 8.77. The number of nitrogens with one attached hydrogen (secondary N) is 2. The maximum atomic E-state index is 10.2. The molecule has 2 atom stereocenters. The Bertz CT molecular complexity index is 413. The summed E-state index contributed by atoms with van der Waals surface area (Å²) in [5.41, 5.74) is -0.855. The van der Waals surface area contributed by atoms with E-state index in [9.17, 15) is 18.7 Å². The summed E-state index contributed by atoms with van der Waals surface area (Å²) < 4.78 is 22.2. The van der Waals surface area contributed by atoms with E-state index in [1.807, 2.05) is 4.98 Å². The molecular formula is C4H6N2O7P2+2. The van der Waals surface area contributed by atoms with Crippen LogP contribution in [0.2, 0.25) is 0 Å². The summed E-state index contributed by atoms with van der Waals surface area (Å²) in [6, 6.07) is 1.24. The van der Waals surface area contributed by atoms with Crippen LogP contribution in [0.3, 0.4) is 0 Å². The van der Waals surface area contributed by atoms with Gasteiger partial charge in [-0.15, -0.1) is 9.79 Å². The van der Waals surface area contributed by atoms with Gasteiger partial charge in [-0.25, -0.2) is 4.79 Å². The largest absolute Gasteiger partial charge is 0.745 e. The van der Waals surface area contributed by atoms with Gasteiger partial charge in [0.25, 0.3) is 5.56 Å². The van der Waals surface area contributed by atoms with Gasteiger partial charge in [0.05, 0.1) is 0 Å². The zero-order chi connectivity index (χ0) is 11.8. The van der Waals surface area contributed by atoms with Crippen molar-refractivity contribution >= 4 is 16.5 Å². The average Bonchev–Trinajstić information content (AvgIpc) is 2.01. The minimum atomic E-state index is -2.92. The number of hydrogen-bond acceptors (Lipinski definition) is 5. The SMILES string of the molecule is O=[P+](O)O[P+](=O)O.O=c1cc[nH]c(=O)[nH]1. The Labute approximate surface area is 83.7 Å². The van der Waals surface area contributed by atoms with E-state index in [0.29, 0.717) is 0 Å². The molecule has 0 bridgehead atoms. The van der Waals surface area contributed by atoms with Crippen molar-refractivity contribution in [3.05, 3.63) is 33.1 Å². The van der Waals surface area contributed by atoms with Crippen LogP contribution in [0.4, 0.5) is 0 Å². The number of hydrogen-bond donors (Lipinski definition) is 4. The van der Waals surface area contributed by atoms with Crippen molar-refractivity contribution in [1.82, 2.24) is 9.97 Å². The first-order chi connectivity index (χ1) is 6.91. The molecule has 1 aromatic rings. The Hall–Kier alpha value is -1.24. The van der Waals surface area contributed by atoms with E-state index in [2.05, 4.69) is 9.29 Å². The van der Waals surface area contributed by atoms with Crippen LogP contribution in [0.25, 0.3) is 0 Å². The van der Waals surface area contributed by atoms with E-state index in [1.165, 1.54) is 12.3 Å². The van der Waals surface area contributed by atoms with E-state index in [4.69, 9.17) is 9.79 Å². The summed E-state index contributed by atoms with van der Waals surface area (Å²) in [6.45, 7) is 0. The van der Waals surface area contributed by atoms with Crippen molar-refractivity contribution in [2.45, 2.75) is 0 Å². The summed E-state index contributed by atoms with van der Waals surface area (Å²) >= 11 is 0. The zero-order valence-electron chi connectivity index (χ0n) is 6.98. The molecule has 9 nitrogen and oxygen atoms in total. The quantitative estimate of drug-likeness (QED) is 0.514. The molecule has 0 aliphatic heterocycles. The summed E-state index contributed by atoms with van der Waals surface area (Å²) in [4.78, 5) is 40.0. The van der Waals surface area contributed by atoms with Crippen molar-refractivity contribution < 1.29 is 23.2 Å². The fourth-order valence-electron chi connectivity index (χ4n) is 0.442. The topological polar surface area (TPSA) is 150 Å². The number of aromatic nitrogens is 2. The Morgan fingerprint density at radius 2 is 1.73 bits per heavy atom. The van der Waals surface area contributed by atoms with Crippen molar-refractivity contribution in [3.63, 3.8) is 0 Å². The van der Waals surface area contributed by atoms with Gasteiger partial charge in [-0.05, 0) is 0 Å². The van der Waals surface area contributed by atoms with Crippen LogP contribution in [-0.2, 0) is 13.4 Å². The summed E-state index contributed by atoms with van der Waals surface area (Å²) in [7, 11) is -5.85. The lowest BCUT2D eigenvalue weighted by Gasteiger charge is -1.75. The van der Waals surface area contributed by atoms with E-state index >= 15 is 0 Å². The van der Waals surface area contributed by atoms with Crippen LogP contribution in [0.5, 0.6) is 0 Å². The first-order valence-corrected chi connectivity index (χ1v) is 5.46. The smallest absolute Gasteiger partial charge is 0.314 e. The van der Waals surface area contributed by atoms with Crippen molar-refractivity contribution in [2.24, 2.45) is 0 Å². The normalized spacial score (nSPS) is 11.1. The van der Waals surface area contributed by atoms with Crippen LogP contribution in [0, 0.1) is 0 Å². The molecule has 1 rings (SSSR count). The molecule has 0 aliphatic rings. The van der Waals surface area contributed by atoms with Crippen LogP contribution in [0.15, 0.2) is 21.9 Å². The summed E-state index contributed by atoms with van der Waals surface area (Å²) in [5, 5.41) is 0. The molecule has 0 spiro atoms. The molecule has 1 heterocycles. The standard InChI is InChI=1S/C4H4N2O2.O5P2/c7-3-1-2-5-4(8)6-3;1-6(2)5-7(3)4/h1-2H,(H2,5,6,7,8);/p+2. The highest BCUT2D eigenvalue weighted by Gasteiger charge is 2.31. The number of aromatic amines is 2. The highest BCUT2D eigenvalue weighted by Crippen LogP contribution is 2.30. The van der Waals surface area contributed by atoms with Gasteiger partial charge in [0.15, 0.2) is 4.31 Å². The second-order valence-corrected chi connectivity index (χ2v) is 3.46. The molecule has 2 unspecified atom stereocenters. The molecule has 0 radical (unpaired) electrons. The summed E-state index contributed by atoms with van der Waals surface area (Å²) in [6.07, 6.45) is 1.29. The van der Waals surface area contributed by atoms with Gasteiger partial charge in [0, 0.05) is 21.4 Å². The van der Waals surface area contributed by atoms with Crippen molar-refractivity contribution in [2.75, 3.05) is 0 Å². The van der Waals surface area contributed by atoms with E-state index in [-0.39, 0.29) is 5.56 Å². The van der Waals surface area contributed by atoms with Crippen LogP contribution in [0.1, 0.15) is 0 Å². The fourth-order valence-corrected chi connectivity index (χ4v) is 0.920. The molecular weight excluding hydrogens is 250 g/mol. The lowest BCUT2D eigenvalue weighted by atomic mass is 10.7. The predicted molar refractivity (Wildman–Crippen MR) is 48.4 cm³/mol. The van der Waals surface area contributed by atoms with Gasteiger partial charge in [-0.1, -0.05) is 0 Å². The van der Waals surface area contributed by atoms with Crippen LogP contribution in [-0.4, -0.2) is 19.8 Å². The molecule has 0 saturated carbocycles. The summed E-state index contributed by atoms with van der Waals surface area (Å²) in [5.74, 6) is 0. The Balaban J connectivity index is 0.000000265. The highest BCUT2D eigenvalue weighted by molar-refractivity contribution is 7.46. The molecule has 0 amide bonds. The van der Waals surface area contributed by atoms with Crippen molar-refractivity contribution in [3.8, 4) is 0 Å². The third kappa shape index (κ3) is 9.07. The molecule has 0 aromatic carbocycles. The molecule has 0 saturated heterocycles. The van der Waals surface area contributed by atoms with E-state index < -0.39 is 22.2 Å². The van der Waals surface area contributed by atoms with Crippen molar-refractivity contribution in [1.29, 1.82) is 0 Å². The van der Waals surface area contributed by atoms with Gasteiger partial charge < -0.3 is 4.98 Å². The Kier molecular flexibility index (Phi) is 6.52. The molecule has 0 fully saturated rings. The van der Waals surface area contributed by atoms with E-state index in [1.54, 1.807) is 0 Å². The third-order valence-corrected chi connectivity index (χ3v) is 1.94. The number of rotatable bonds is 2.